The smallest absolute Gasteiger partial charge is 0.191 e. The molecule has 0 atom stereocenters. The Morgan fingerprint density at radius 1 is 1.17 bits per heavy atom. The molecule has 1 aliphatic carbocycles. The number of thioether (sulfide) groups is 1. The van der Waals surface area contributed by atoms with Gasteiger partial charge in [-0.3, -0.25) is 0 Å². The first-order valence-electron chi connectivity index (χ1n) is 8.16. The van der Waals surface area contributed by atoms with Crippen LogP contribution in [0, 0.1) is 6.92 Å². The molecular weight excluding hydrogens is 322 g/mol. The molecule has 0 aliphatic heterocycles. The largest absolute Gasteiger partial charge is 0.302 e. The van der Waals surface area contributed by atoms with E-state index in [1.54, 1.807) is 11.8 Å². The molecule has 3 aromatic rings. The molecule has 1 aromatic carbocycles. The molecule has 2 aromatic heterocycles. The standard InChI is InChI=1S/C16H19N7S/c1-3-22-15(13-7-5-4-6-11(13)2)18-19-16(22)24-10-14-17-20-21-23(14)12-8-9-12/h4-7,12H,3,8-10H2,1-2H3. The Hall–Kier alpha value is -2.22. The first-order valence-corrected chi connectivity index (χ1v) is 9.15. The second-order valence-electron chi connectivity index (χ2n) is 5.92. The third-order valence-corrected chi connectivity index (χ3v) is 5.17. The molecule has 0 unspecified atom stereocenters. The van der Waals surface area contributed by atoms with Gasteiger partial charge in [-0.25, -0.2) is 4.68 Å². The van der Waals surface area contributed by atoms with Gasteiger partial charge in [0.05, 0.1) is 11.8 Å². The number of aryl methyl sites for hydroxylation is 1. The topological polar surface area (TPSA) is 74.3 Å². The molecule has 2 heterocycles. The highest BCUT2D eigenvalue weighted by molar-refractivity contribution is 7.98. The highest BCUT2D eigenvalue weighted by atomic mass is 32.2. The molecule has 4 rings (SSSR count). The maximum Gasteiger partial charge on any atom is 0.191 e. The van der Waals surface area contributed by atoms with Gasteiger partial charge in [0, 0.05) is 12.1 Å². The predicted molar refractivity (Wildman–Crippen MR) is 91.5 cm³/mol. The summed E-state index contributed by atoms with van der Waals surface area (Å²) in [6.07, 6.45) is 2.34. The molecule has 8 heteroatoms. The van der Waals surface area contributed by atoms with Gasteiger partial charge in [0.2, 0.25) is 0 Å². The van der Waals surface area contributed by atoms with E-state index >= 15 is 0 Å². The second kappa shape index (κ2) is 6.35. The zero-order chi connectivity index (χ0) is 16.5. The number of hydrogen-bond acceptors (Lipinski definition) is 6. The highest BCUT2D eigenvalue weighted by Crippen LogP contribution is 2.35. The van der Waals surface area contributed by atoms with Crippen molar-refractivity contribution in [2.24, 2.45) is 0 Å². The molecule has 24 heavy (non-hydrogen) atoms. The third kappa shape index (κ3) is 2.82. The van der Waals surface area contributed by atoms with Crippen LogP contribution < -0.4 is 0 Å². The molecule has 0 amide bonds. The summed E-state index contributed by atoms with van der Waals surface area (Å²) in [5.41, 5.74) is 2.33. The monoisotopic (exact) mass is 341 g/mol. The maximum atomic E-state index is 4.42. The molecule has 0 N–H and O–H groups in total. The number of benzene rings is 1. The van der Waals surface area contributed by atoms with Gasteiger partial charge in [0.25, 0.3) is 0 Å². The van der Waals surface area contributed by atoms with Gasteiger partial charge in [0.15, 0.2) is 16.8 Å². The van der Waals surface area contributed by atoms with Crippen LogP contribution in [0.15, 0.2) is 29.4 Å². The average Bonchev–Trinajstić information content (AvgIpc) is 3.19. The number of aromatic nitrogens is 7. The summed E-state index contributed by atoms with van der Waals surface area (Å²) in [7, 11) is 0. The molecule has 0 radical (unpaired) electrons. The minimum absolute atomic E-state index is 0.488. The van der Waals surface area contributed by atoms with Gasteiger partial charge >= 0.3 is 0 Å². The average molecular weight is 341 g/mol. The minimum atomic E-state index is 0.488. The zero-order valence-corrected chi connectivity index (χ0v) is 14.6. The number of hydrogen-bond donors (Lipinski definition) is 0. The van der Waals surface area contributed by atoms with E-state index < -0.39 is 0 Å². The quantitative estimate of drug-likeness (QED) is 0.642. The highest BCUT2D eigenvalue weighted by Gasteiger charge is 2.28. The fourth-order valence-corrected chi connectivity index (χ4v) is 3.66. The van der Waals surface area contributed by atoms with Gasteiger partial charge in [0.1, 0.15) is 0 Å². The van der Waals surface area contributed by atoms with Gasteiger partial charge in [-0.15, -0.1) is 15.3 Å². The predicted octanol–water partition coefficient (Wildman–Crippen LogP) is 2.89. The van der Waals surface area contributed by atoms with Crippen molar-refractivity contribution < 1.29 is 0 Å². The van der Waals surface area contributed by atoms with Crippen molar-refractivity contribution in [2.75, 3.05) is 0 Å². The summed E-state index contributed by atoms with van der Waals surface area (Å²) >= 11 is 1.64. The summed E-state index contributed by atoms with van der Waals surface area (Å²) in [5.74, 6) is 2.53. The first-order chi connectivity index (χ1) is 11.8. The normalized spacial score (nSPS) is 14.2. The first kappa shape index (κ1) is 15.3. The number of rotatable bonds is 6. The van der Waals surface area contributed by atoms with Crippen LogP contribution in [0.4, 0.5) is 0 Å². The molecule has 7 nitrogen and oxygen atoms in total. The van der Waals surface area contributed by atoms with Crippen LogP contribution >= 0.6 is 11.8 Å². The van der Waals surface area contributed by atoms with Crippen molar-refractivity contribution in [3.05, 3.63) is 35.7 Å². The van der Waals surface area contributed by atoms with Crippen molar-refractivity contribution in [3.8, 4) is 11.4 Å². The van der Waals surface area contributed by atoms with Crippen molar-refractivity contribution in [2.45, 2.75) is 50.2 Å². The van der Waals surface area contributed by atoms with E-state index in [2.05, 4.69) is 56.3 Å². The number of nitrogens with zero attached hydrogens (tertiary/aromatic N) is 7. The van der Waals surface area contributed by atoms with E-state index in [0.717, 1.165) is 28.9 Å². The van der Waals surface area contributed by atoms with Gasteiger partial charge < -0.3 is 4.57 Å². The summed E-state index contributed by atoms with van der Waals surface area (Å²) in [6, 6.07) is 8.75. The summed E-state index contributed by atoms with van der Waals surface area (Å²) in [5, 5.41) is 21.8. The molecule has 0 saturated heterocycles. The van der Waals surface area contributed by atoms with Gasteiger partial charge in [-0.2, -0.15) is 0 Å². The van der Waals surface area contributed by atoms with Crippen molar-refractivity contribution in [1.82, 2.24) is 35.0 Å². The Balaban J connectivity index is 1.58. The van der Waals surface area contributed by atoms with E-state index in [4.69, 9.17) is 0 Å². The van der Waals surface area contributed by atoms with E-state index in [-0.39, 0.29) is 0 Å². The van der Waals surface area contributed by atoms with E-state index in [0.29, 0.717) is 11.8 Å². The molecule has 0 bridgehead atoms. The lowest BCUT2D eigenvalue weighted by Crippen LogP contribution is -2.04. The summed E-state index contributed by atoms with van der Waals surface area (Å²) in [6.45, 7) is 5.04. The molecular formula is C16H19N7S. The summed E-state index contributed by atoms with van der Waals surface area (Å²) in [4.78, 5) is 0. The third-order valence-electron chi connectivity index (χ3n) is 4.20. The second-order valence-corrected chi connectivity index (χ2v) is 6.87. The van der Waals surface area contributed by atoms with Gasteiger partial charge in [-0.1, -0.05) is 36.0 Å². The van der Waals surface area contributed by atoms with Crippen molar-refractivity contribution in [3.63, 3.8) is 0 Å². The Morgan fingerprint density at radius 2 is 2.00 bits per heavy atom. The van der Waals surface area contributed by atoms with E-state index in [9.17, 15) is 0 Å². The fourth-order valence-electron chi connectivity index (χ4n) is 2.74. The SMILES string of the molecule is CCn1c(SCc2nnnn2C2CC2)nnc1-c1ccccc1C. The van der Waals surface area contributed by atoms with Crippen LogP contribution in [0.2, 0.25) is 0 Å². The molecule has 0 spiro atoms. The van der Waals surface area contributed by atoms with E-state index in [1.165, 1.54) is 18.4 Å². The Kier molecular flexibility index (Phi) is 4.05. The zero-order valence-electron chi connectivity index (χ0n) is 13.8. The van der Waals surface area contributed by atoms with Crippen molar-refractivity contribution >= 4 is 11.8 Å². The van der Waals surface area contributed by atoms with Crippen LogP contribution in [-0.2, 0) is 12.3 Å². The molecule has 1 fully saturated rings. The van der Waals surface area contributed by atoms with Crippen LogP contribution in [0.1, 0.15) is 37.2 Å². The lowest BCUT2D eigenvalue weighted by molar-refractivity contribution is 0.593. The molecule has 1 aliphatic rings. The lowest BCUT2D eigenvalue weighted by atomic mass is 10.1. The van der Waals surface area contributed by atoms with E-state index in [1.807, 2.05) is 16.8 Å². The molecule has 1 saturated carbocycles. The molecule has 124 valence electrons. The minimum Gasteiger partial charge on any atom is -0.302 e. The Morgan fingerprint density at radius 3 is 2.75 bits per heavy atom. The van der Waals surface area contributed by atoms with Crippen LogP contribution in [0.3, 0.4) is 0 Å². The van der Waals surface area contributed by atoms with Crippen LogP contribution in [-0.4, -0.2) is 35.0 Å². The Bertz CT molecular complexity index is 850. The maximum absolute atomic E-state index is 4.42. The van der Waals surface area contributed by atoms with Gasteiger partial charge in [-0.05, 0) is 42.7 Å². The fraction of sp³-hybridized carbons (Fsp3) is 0.438. The summed E-state index contributed by atoms with van der Waals surface area (Å²) < 4.78 is 4.10. The van der Waals surface area contributed by atoms with Crippen LogP contribution in [0.25, 0.3) is 11.4 Å². The lowest BCUT2D eigenvalue weighted by Gasteiger charge is -2.09. The van der Waals surface area contributed by atoms with Crippen molar-refractivity contribution in [1.29, 1.82) is 0 Å². The number of tetrazole rings is 1. The van der Waals surface area contributed by atoms with Crippen LogP contribution in [0.5, 0.6) is 0 Å². The Labute approximate surface area is 144 Å².